The predicted molar refractivity (Wildman–Crippen MR) is 95.4 cm³/mol. The standard InChI is InChI=1S/C18H17F3N6O/c19-18(20,21)12-3-4-14-24-8-13(27(14)10-12)17-23-6-5-15(25-17)26-7-1-2-11(9-26)16(22)28/h3-6,8,10-11H,1-2,7,9H2,(H2,22,28). The van der Waals surface area contributed by atoms with Gasteiger partial charge in [0.15, 0.2) is 5.82 Å². The van der Waals surface area contributed by atoms with E-state index in [1.165, 1.54) is 16.7 Å². The molecule has 4 heterocycles. The van der Waals surface area contributed by atoms with Crippen molar-refractivity contribution in [2.75, 3.05) is 18.0 Å². The molecule has 146 valence electrons. The average molecular weight is 390 g/mol. The number of primary amides is 1. The van der Waals surface area contributed by atoms with Crippen LogP contribution < -0.4 is 10.6 Å². The summed E-state index contributed by atoms with van der Waals surface area (Å²) in [4.78, 5) is 26.3. The third kappa shape index (κ3) is 3.37. The number of nitrogens with two attached hydrogens (primary N) is 1. The van der Waals surface area contributed by atoms with Gasteiger partial charge in [-0.3, -0.25) is 9.20 Å². The number of halogens is 3. The molecule has 0 bridgehead atoms. The van der Waals surface area contributed by atoms with Gasteiger partial charge in [-0.15, -0.1) is 0 Å². The van der Waals surface area contributed by atoms with E-state index in [-0.39, 0.29) is 17.6 Å². The molecule has 3 aromatic rings. The van der Waals surface area contributed by atoms with Crippen molar-refractivity contribution in [3.63, 3.8) is 0 Å². The summed E-state index contributed by atoms with van der Waals surface area (Å²) in [6.07, 6.45) is 1.04. The predicted octanol–water partition coefficient (Wildman–Crippen LogP) is 2.51. The molecule has 0 spiro atoms. The number of alkyl halides is 3. The topological polar surface area (TPSA) is 89.4 Å². The number of nitrogens with zero attached hydrogens (tertiary/aromatic N) is 5. The van der Waals surface area contributed by atoms with Crippen molar-refractivity contribution in [3.8, 4) is 11.5 Å². The number of anilines is 1. The second kappa shape index (κ2) is 6.77. The molecule has 0 saturated carbocycles. The summed E-state index contributed by atoms with van der Waals surface area (Å²) >= 11 is 0. The van der Waals surface area contributed by atoms with Gasteiger partial charge in [0, 0.05) is 25.5 Å². The Morgan fingerprint density at radius 2 is 2.04 bits per heavy atom. The molecule has 28 heavy (non-hydrogen) atoms. The summed E-state index contributed by atoms with van der Waals surface area (Å²) in [5.74, 6) is 0.251. The van der Waals surface area contributed by atoms with E-state index in [4.69, 9.17) is 5.73 Å². The third-order valence-corrected chi connectivity index (χ3v) is 4.85. The first-order chi connectivity index (χ1) is 13.3. The highest BCUT2D eigenvalue weighted by Crippen LogP contribution is 2.30. The highest BCUT2D eigenvalue weighted by molar-refractivity contribution is 5.77. The molecular formula is C18H17F3N6O. The van der Waals surface area contributed by atoms with Crippen molar-refractivity contribution in [2.45, 2.75) is 19.0 Å². The lowest BCUT2D eigenvalue weighted by Crippen LogP contribution is -2.41. The van der Waals surface area contributed by atoms with E-state index in [0.29, 0.717) is 30.2 Å². The second-order valence-electron chi connectivity index (χ2n) is 6.71. The quantitative estimate of drug-likeness (QED) is 0.742. The van der Waals surface area contributed by atoms with Crippen LogP contribution in [0.25, 0.3) is 17.2 Å². The smallest absolute Gasteiger partial charge is 0.369 e. The number of imidazole rings is 1. The lowest BCUT2D eigenvalue weighted by atomic mass is 9.97. The van der Waals surface area contributed by atoms with E-state index in [2.05, 4.69) is 15.0 Å². The minimum absolute atomic E-state index is 0.252. The largest absolute Gasteiger partial charge is 0.417 e. The van der Waals surface area contributed by atoms with Gasteiger partial charge in [0.25, 0.3) is 0 Å². The van der Waals surface area contributed by atoms with Gasteiger partial charge in [0.1, 0.15) is 17.2 Å². The zero-order valence-electron chi connectivity index (χ0n) is 14.7. The fourth-order valence-electron chi connectivity index (χ4n) is 3.38. The van der Waals surface area contributed by atoms with Crippen LogP contribution in [0.4, 0.5) is 19.0 Å². The summed E-state index contributed by atoms with van der Waals surface area (Å²) in [6.45, 7) is 1.17. The molecule has 2 N–H and O–H groups in total. The van der Waals surface area contributed by atoms with Gasteiger partial charge in [0.2, 0.25) is 5.91 Å². The molecule has 1 saturated heterocycles. The fourth-order valence-corrected chi connectivity index (χ4v) is 3.38. The van der Waals surface area contributed by atoms with Gasteiger partial charge >= 0.3 is 6.18 Å². The Bertz CT molecular complexity index is 1030. The number of piperidine rings is 1. The highest BCUT2D eigenvalue weighted by atomic mass is 19.4. The van der Waals surface area contributed by atoms with Crippen molar-refractivity contribution in [1.29, 1.82) is 0 Å². The molecule has 1 aliphatic rings. The number of hydrogen-bond acceptors (Lipinski definition) is 5. The van der Waals surface area contributed by atoms with Crippen molar-refractivity contribution in [2.24, 2.45) is 11.7 Å². The van der Waals surface area contributed by atoms with Crippen LogP contribution in [0, 0.1) is 5.92 Å². The number of amides is 1. The van der Waals surface area contributed by atoms with E-state index in [1.54, 1.807) is 12.3 Å². The molecule has 1 atom stereocenters. The van der Waals surface area contributed by atoms with Gasteiger partial charge < -0.3 is 10.6 Å². The molecule has 1 fully saturated rings. The Labute approximate surface area is 158 Å². The van der Waals surface area contributed by atoms with Crippen LogP contribution in [0.1, 0.15) is 18.4 Å². The van der Waals surface area contributed by atoms with Crippen LogP contribution in [0.3, 0.4) is 0 Å². The lowest BCUT2D eigenvalue weighted by Gasteiger charge is -2.32. The van der Waals surface area contributed by atoms with Crippen LogP contribution in [0.15, 0.2) is 36.8 Å². The minimum atomic E-state index is -4.46. The van der Waals surface area contributed by atoms with Crippen LogP contribution in [-0.2, 0) is 11.0 Å². The Morgan fingerprint density at radius 3 is 2.79 bits per heavy atom. The van der Waals surface area contributed by atoms with Crippen LogP contribution in [0.2, 0.25) is 0 Å². The maximum Gasteiger partial charge on any atom is 0.417 e. The average Bonchev–Trinajstić information content (AvgIpc) is 3.11. The summed E-state index contributed by atoms with van der Waals surface area (Å²) < 4.78 is 40.5. The molecule has 0 radical (unpaired) electrons. The number of hydrogen-bond donors (Lipinski definition) is 1. The number of carbonyl (C=O) groups excluding carboxylic acids is 1. The van der Waals surface area contributed by atoms with Crippen molar-refractivity contribution < 1.29 is 18.0 Å². The van der Waals surface area contributed by atoms with E-state index >= 15 is 0 Å². The van der Waals surface area contributed by atoms with Crippen LogP contribution >= 0.6 is 0 Å². The van der Waals surface area contributed by atoms with Gasteiger partial charge in [-0.2, -0.15) is 13.2 Å². The van der Waals surface area contributed by atoms with Crippen molar-refractivity contribution in [1.82, 2.24) is 19.4 Å². The molecule has 1 unspecified atom stereocenters. The van der Waals surface area contributed by atoms with E-state index in [9.17, 15) is 18.0 Å². The number of aromatic nitrogens is 4. The van der Waals surface area contributed by atoms with Gasteiger partial charge in [-0.25, -0.2) is 15.0 Å². The molecule has 4 rings (SSSR count). The maximum atomic E-state index is 13.1. The zero-order valence-corrected chi connectivity index (χ0v) is 14.7. The van der Waals surface area contributed by atoms with Crippen molar-refractivity contribution in [3.05, 3.63) is 42.4 Å². The lowest BCUT2D eigenvalue weighted by molar-refractivity contribution is -0.137. The summed E-state index contributed by atoms with van der Waals surface area (Å²) in [6, 6.07) is 4.00. The molecule has 1 amide bonds. The number of rotatable bonds is 3. The summed E-state index contributed by atoms with van der Waals surface area (Å²) in [5.41, 5.74) is 5.36. The first kappa shape index (κ1) is 18.2. The SMILES string of the molecule is NC(=O)C1CCCN(c2ccnc(-c3cnc4ccc(C(F)(F)F)cn34)n2)C1. The number of pyridine rings is 1. The Balaban J connectivity index is 1.71. The zero-order chi connectivity index (χ0) is 19.9. The van der Waals surface area contributed by atoms with E-state index in [0.717, 1.165) is 25.1 Å². The second-order valence-corrected chi connectivity index (χ2v) is 6.71. The Hall–Kier alpha value is -3.17. The fraction of sp³-hybridized carbons (Fsp3) is 0.333. The van der Waals surface area contributed by atoms with E-state index < -0.39 is 11.7 Å². The summed E-state index contributed by atoms with van der Waals surface area (Å²) in [5, 5.41) is 0. The maximum absolute atomic E-state index is 13.1. The molecular weight excluding hydrogens is 373 g/mol. The monoisotopic (exact) mass is 390 g/mol. The molecule has 0 aliphatic carbocycles. The molecule has 0 aromatic carbocycles. The normalized spacial score (nSPS) is 17.8. The van der Waals surface area contributed by atoms with Crippen LogP contribution in [-0.4, -0.2) is 38.3 Å². The summed E-state index contributed by atoms with van der Waals surface area (Å²) in [7, 11) is 0. The number of carbonyl (C=O) groups is 1. The van der Waals surface area contributed by atoms with Crippen molar-refractivity contribution >= 4 is 17.4 Å². The van der Waals surface area contributed by atoms with E-state index in [1.807, 2.05) is 4.90 Å². The molecule has 10 heteroatoms. The Kier molecular flexibility index (Phi) is 4.40. The number of fused-ring (bicyclic) bond motifs is 1. The molecule has 3 aromatic heterocycles. The molecule has 7 nitrogen and oxygen atoms in total. The Morgan fingerprint density at radius 1 is 1.21 bits per heavy atom. The van der Waals surface area contributed by atoms with Gasteiger partial charge in [-0.1, -0.05) is 0 Å². The van der Waals surface area contributed by atoms with Gasteiger partial charge in [-0.05, 0) is 31.0 Å². The minimum Gasteiger partial charge on any atom is -0.369 e. The molecule has 1 aliphatic heterocycles. The first-order valence-corrected chi connectivity index (χ1v) is 8.75. The third-order valence-electron chi connectivity index (χ3n) is 4.85. The highest BCUT2D eigenvalue weighted by Gasteiger charge is 2.31. The van der Waals surface area contributed by atoms with Crippen LogP contribution in [0.5, 0.6) is 0 Å². The van der Waals surface area contributed by atoms with Gasteiger partial charge in [0.05, 0.1) is 17.7 Å². The first-order valence-electron chi connectivity index (χ1n) is 8.75.